The summed E-state index contributed by atoms with van der Waals surface area (Å²) in [5.74, 6) is -0.915. The Morgan fingerprint density at radius 1 is 1.41 bits per heavy atom. The summed E-state index contributed by atoms with van der Waals surface area (Å²) in [6.07, 6.45) is 0. The maximum atomic E-state index is 13.2. The Balaban J connectivity index is 1.99. The molecule has 0 radical (unpaired) electrons. The van der Waals surface area contributed by atoms with E-state index in [9.17, 15) is 9.18 Å². The smallest absolute Gasteiger partial charge is 0.308 e. The van der Waals surface area contributed by atoms with E-state index in [0.717, 1.165) is 0 Å². The lowest BCUT2D eigenvalue weighted by Crippen LogP contribution is -2.29. The molecule has 1 aromatic heterocycles. The van der Waals surface area contributed by atoms with Crippen LogP contribution in [0.3, 0.4) is 0 Å². The fourth-order valence-corrected chi connectivity index (χ4v) is 1.22. The lowest BCUT2D eigenvalue weighted by atomic mass is 10.3. The molecule has 0 atom stereocenters. The standard InChI is InChI=1S/C11H10FN3O2/c1-7-6-10(17-15-7)11(16)14-13-9-5-3-2-4-8(9)12/h2-6,13H,1H3,(H,14,16). The topological polar surface area (TPSA) is 67.2 Å². The molecule has 2 N–H and O–H groups in total. The molecular weight excluding hydrogens is 225 g/mol. The van der Waals surface area contributed by atoms with Crippen LogP contribution >= 0.6 is 0 Å². The third-order valence-corrected chi connectivity index (χ3v) is 2.04. The van der Waals surface area contributed by atoms with Gasteiger partial charge in [0.25, 0.3) is 0 Å². The van der Waals surface area contributed by atoms with Gasteiger partial charge in [-0.15, -0.1) is 0 Å². The van der Waals surface area contributed by atoms with Crippen LogP contribution in [0.2, 0.25) is 0 Å². The van der Waals surface area contributed by atoms with Crippen molar-refractivity contribution in [2.45, 2.75) is 6.92 Å². The zero-order valence-corrected chi connectivity index (χ0v) is 9.03. The number of para-hydroxylation sites is 1. The summed E-state index contributed by atoms with van der Waals surface area (Å²) < 4.78 is 17.9. The Hall–Kier alpha value is -2.37. The maximum Gasteiger partial charge on any atom is 0.308 e. The fourth-order valence-electron chi connectivity index (χ4n) is 1.22. The van der Waals surface area contributed by atoms with Crippen LogP contribution in [-0.2, 0) is 0 Å². The van der Waals surface area contributed by atoms with Crippen LogP contribution in [0.15, 0.2) is 34.9 Å². The zero-order valence-electron chi connectivity index (χ0n) is 9.03. The van der Waals surface area contributed by atoms with E-state index in [1.54, 1.807) is 19.1 Å². The Morgan fingerprint density at radius 2 is 2.18 bits per heavy atom. The third-order valence-electron chi connectivity index (χ3n) is 2.04. The van der Waals surface area contributed by atoms with Crippen LogP contribution in [0.4, 0.5) is 10.1 Å². The number of anilines is 1. The molecular formula is C11H10FN3O2. The molecule has 0 saturated carbocycles. The van der Waals surface area contributed by atoms with Crippen molar-refractivity contribution in [3.8, 4) is 0 Å². The first-order chi connectivity index (χ1) is 8.16. The predicted octanol–water partition coefficient (Wildman–Crippen LogP) is 1.88. The number of rotatable bonds is 3. The second-order valence-electron chi connectivity index (χ2n) is 3.39. The number of nitrogens with zero attached hydrogens (tertiary/aromatic N) is 1. The van der Waals surface area contributed by atoms with Gasteiger partial charge in [-0.25, -0.2) is 4.39 Å². The van der Waals surface area contributed by atoms with Gasteiger partial charge in [-0.1, -0.05) is 17.3 Å². The van der Waals surface area contributed by atoms with Crippen molar-refractivity contribution in [1.82, 2.24) is 10.6 Å². The highest BCUT2D eigenvalue weighted by Crippen LogP contribution is 2.11. The van der Waals surface area contributed by atoms with Gasteiger partial charge in [-0.2, -0.15) is 0 Å². The Labute approximate surface area is 96.6 Å². The van der Waals surface area contributed by atoms with Crippen molar-refractivity contribution in [2.75, 3.05) is 5.43 Å². The number of amides is 1. The first-order valence-electron chi connectivity index (χ1n) is 4.91. The highest BCUT2D eigenvalue weighted by molar-refractivity contribution is 5.92. The second kappa shape index (κ2) is 4.65. The van der Waals surface area contributed by atoms with Crippen molar-refractivity contribution >= 4 is 11.6 Å². The highest BCUT2D eigenvalue weighted by atomic mass is 19.1. The number of nitrogens with one attached hydrogen (secondary N) is 2. The number of hydrogen-bond acceptors (Lipinski definition) is 4. The Morgan fingerprint density at radius 3 is 2.82 bits per heavy atom. The van der Waals surface area contributed by atoms with E-state index >= 15 is 0 Å². The first-order valence-corrected chi connectivity index (χ1v) is 4.91. The molecule has 5 nitrogen and oxygen atoms in total. The van der Waals surface area contributed by atoms with Crippen LogP contribution in [0.5, 0.6) is 0 Å². The minimum Gasteiger partial charge on any atom is -0.351 e. The first kappa shape index (κ1) is 11.1. The lowest BCUT2D eigenvalue weighted by molar-refractivity contribution is 0.0926. The molecule has 0 saturated heterocycles. The van der Waals surface area contributed by atoms with Crippen LogP contribution in [0.1, 0.15) is 16.2 Å². The number of halogens is 1. The summed E-state index contributed by atoms with van der Waals surface area (Å²) in [5.41, 5.74) is 5.54. The normalized spacial score (nSPS) is 10.0. The van der Waals surface area contributed by atoms with E-state index in [1.807, 2.05) is 0 Å². The minimum atomic E-state index is -0.520. The Bertz CT molecular complexity index is 539. The highest BCUT2D eigenvalue weighted by Gasteiger charge is 2.11. The molecule has 0 aliphatic heterocycles. The van der Waals surface area contributed by atoms with Gasteiger partial charge >= 0.3 is 5.91 Å². The summed E-state index contributed by atoms with van der Waals surface area (Å²) in [4.78, 5) is 11.5. The maximum absolute atomic E-state index is 13.2. The molecule has 0 aliphatic rings. The molecule has 1 amide bonds. The molecule has 2 aromatic rings. The van der Waals surface area contributed by atoms with Crippen LogP contribution < -0.4 is 10.9 Å². The van der Waals surface area contributed by atoms with Gasteiger partial charge in [0.15, 0.2) is 0 Å². The van der Waals surface area contributed by atoms with Gasteiger partial charge in [0, 0.05) is 6.07 Å². The summed E-state index contributed by atoms with van der Waals surface area (Å²) >= 11 is 0. The molecule has 0 spiro atoms. The summed E-state index contributed by atoms with van der Waals surface area (Å²) in [6.45, 7) is 1.70. The van der Waals surface area contributed by atoms with Crippen LogP contribution in [0, 0.1) is 12.7 Å². The van der Waals surface area contributed by atoms with Gasteiger partial charge in [-0.05, 0) is 19.1 Å². The molecule has 2 rings (SSSR count). The summed E-state index contributed by atoms with van der Waals surface area (Å²) in [5, 5.41) is 3.57. The number of benzene rings is 1. The third kappa shape index (κ3) is 2.60. The Kier molecular flexibility index (Phi) is 3.04. The molecule has 1 heterocycles. The average Bonchev–Trinajstić information content (AvgIpc) is 2.74. The van der Waals surface area contributed by atoms with E-state index < -0.39 is 11.7 Å². The van der Waals surface area contributed by atoms with Crippen LogP contribution in [-0.4, -0.2) is 11.1 Å². The van der Waals surface area contributed by atoms with Gasteiger partial charge in [0.1, 0.15) is 5.82 Å². The fraction of sp³-hybridized carbons (Fsp3) is 0.0909. The molecule has 17 heavy (non-hydrogen) atoms. The van der Waals surface area contributed by atoms with Gasteiger partial charge < -0.3 is 4.52 Å². The van der Waals surface area contributed by atoms with E-state index in [0.29, 0.717) is 5.69 Å². The van der Waals surface area contributed by atoms with Crippen molar-refractivity contribution in [3.63, 3.8) is 0 Å². The van der Waals surface area contributed by atoms with E-state index in [1.165, 1.54) is 18.2 Å². The minimum absolute atomic E-state index is 0.0614. The van der Waals surface area contributed by atoms with Gasteiger partial charge in [0.05, 0.1) is 11.4 Å². The number of carbonyl (C=O) groups excluding carboxylic acids is 1. The molecule has 88 valence electrons. The zero-order chi connectivity index (χ0) is 12.3. The van der Waals surface area contributed by atoms with Gasteiger partial charge in [-0.3, -0.25) is 15.6 Å². The van der Waals surface area contributed by atoms with Gasteiger partial charge in [0.2, 0.25) is 5.76 Å². The molecule has 0 fully saturated rings. The average molecular weight is 235 g/mol. The number of hydrazine groups is 1. The second-order valence-corrected chi connectivity index (χ2v) is 3.39. The molecule has 1 aromatic carbocycles. The van der Waals surface area contributed by atoms with Crippen molar-refractivity contribution in [2.24, 2.45) is 0 Å². The predicted molar refractivity (Wildman–Crippen MR) is 58.7 cm³/mol. The van der Waals surface area contributed by atoms with E-state index in [2.05, 4.69) is 16.0 Å². The number of aromatic nitrogens is 1. The summed E-state index contributed by atoms with van der Waals surface area (Å²) in [6, 6.07) is 7.48. The number of hydrogen-bond donors (Lipinski definition) is 2. The van der Waals surface area contributed by atoms with E-state index in [-0.39, 0.29) is 11.4 Å². The number of aryl methyl sites for hydroxylation is 1. The molecule has 0 aliphatic carbocycles. The van der Waals surface area contributed by atoms with Crippen LogP contribution in [0.25, 0.3) is 0 Å². The molecule has 0 bridgehead atoms. The van der Waals surface area contributed by atoms with E-state index in [4.69, 9.17) is 4.52 Å². The van der Waals surface area contributed by atoms with Crippen molar-refractivity contribution < 1.29 is 13.7 Å². The quantitative estimate of drug-likeness (QED) is 0.797. The largest absolute Gasteiger partial charge is 0.351 e. The lowest BCUT2D eigenvalue weighted by Gasteiger charge is -2.06. The monoisotopic (exact) mass is 235 g/mol. The SMILES string of the molecule is Cc1cc(C(=O)NNc2ccccc2F)on1. The molecule has 0 unspecified atom stereocenters. The number of carbonyl (C=O) groups is 1. The van der Waals surface area contributed by atoms with Crippen molar-refractivity contribution in [1.29, 1.82) is 0 Å². The van der Waals surface area contributed by atoms with Crippen molar-refractivity contribution in [3.05, 3.63) is 47.6 Å². The molecule has 6 heteroatoms. The summed E-state index contributed by atoms with van der Waals surface area (Å²) in [7, 11) is 0.